The quantitative estimate of drug-likeness (QED) is 0.502. The minimum absolute atomic E-state index is 0.00800. The number of anilines is 1. The number of rotatable bonds is 3. The van der Waals surface area contributed by atoms with Gasteiger partial charge in [0.25, 0.3) is 11.7 Å². The van der Waals surface area contributed by atoms with E-state index in [0.29, 0.717) is 30.5 Å². The summed E-state index contributed by atoms with van der Waals surface area (Å²) in [6, 6.07) is 4.32. The molecule has 1 aliphatic heterocycles. The fourth-order valence-electron chi connectivity index (χ4n) is 4.79. The monoisotopic (exact) mass is 417 g/mol. The minimum Gasteiger partial charge on any atom is -0.354 e. The third-order valence-electron chi connectivity index (χ3n) is 6.46. The summed E-state index contributed by atoms with van der Waals surface area (Å²) in [6.07, 6.45) is 11.9. The van der Waals surface area contributed by atoms with Gasteiger partial charge in [0.15, 0.2) is 5.65 Å². The molecule has 0 atom stereocenters. The van der Waals surface area contributed by atoms with E-state index in [1.54, 1.807) is 18.7 Å². The summed E-state index contributed by atoms with van der Waals surface area (Å²) >= 11 is 0. The van der Waals surface area contributed by atoms with Crippen molar-refractivity contribution in [2.24, 2.45) is 0 Å². The molecule has 31 heavy (non-hydrogen) atoms. The van der Waals surface area contributed by atoms with Crippen molar-refractivity contribution in [2.75, 3.05) is 31.1 Å². The lowest BCUT2D eigenvalue weighted by molar-refractivity contribution is 0.0746. The van der Waals surface area contributed by atoms with Crippen molar-refractivity contribution >= 4 is 28.7 Å². The molecule has 158 valence electrons. The standard InChI is InChI=1S/C21H23N9O/c31-20(15-11-17-19(23-12-15)29(13-24-17)16-3-1-2-4-16)28-9-7-27(8-10-28)18-5-6-22-21-26-25-14-30(18)21/h5-6,11-14,16H,1-4,7-10H2. The Hall–Kier alpha value is -3.56. The second-order valence-corrected chi connectivity index (χ2v) is 8.24. The molecule has 0 unspecified atom stereocenters. The number of imidazole rings is 1. The van der Waals surface area contributed by atoms with E-state index in [9.17, 15) is 4.79 Å². The maximum absolute atomic E-state index is 13.1. The van der Waals surface area contributed by atoms with Gasteiger partial charge in [-0.25, -0.2) is 15.0 Å². The van der Waals surface area contributed by atoms with Crippen LogP contribution in [0.15, 0.2) is 37.2 Å². The van der Waals surface area contributed by atoms with Crippen molar-refractivity contribution in [2.45, 2.75) is 31.7 Å². The SMILES string of the molecule is O=C(c1cnc2c(c1)ncn2C1CCCC1)N1CCN(c2ccnc3nncn23)CC1. The molecule has 0 aromatic carbocycles. The van der Waals surface area contributed by atoms with E-state index in [2.05, 4.69) is 34.6 Å². The zero-order chi connectivity index (χ0) is 20.8. The van der Waals surface area contributed by atoms with E-state index in [1.165, 1.54) is 25.7 Å². The van der Waals surface area contributed by atoms with Crippen molar-refractivity contribution in [3.05, 3.63) is 42.7 Å². The highest BCUT2D eigenvalue weighted by molar-refractivity contribution is 5.96. The van der Waals surface area contributed by atoms with Crippen LogP contribution in [0.4, 0.5) is 5.82 Å². The predicted octanol–water partition coefficient (Wildman–Crippen LogP) is 1.95. The van der Waals surface area contributed by atoms with Crippen LogP contribution in [0.3, 0.4) is 0 Å². The second kappa shape index (κ2) is 7.29. The average Bonchev–Trinajstić information content (AvgIpc) is 3.58. The van der Waals surface area contributed by atoms with Crippen molar-refractivity contribution in [3.8, 4) is 0 Å². The van der Waals surface area contributed by atoms with Gasteiger partial charge >= 0.3 is 0 Å². The number of hydrogen-bond acceptors (Lipinski definition) is 7. The van der Waals surface area contributed by atoms with Gasteiger partial charge in [-0.15, -0.1) is 10.2 Å². The number of piperazine rings is 1. The van der Waals surface area contributed by atoms with Crippen LogP contribution in [0, 0.1) is 0 Å². The fraction of sp³-hybridized carbons (Fsp3) is 0.429. The summed E-state index contributed by atoms with van der Waals surface area (Å²) in [5, 5.41) is 7.94. The highest BCUT2D eigenvalue weighted by Crippen LogP contribution is 2.31. The molecule has 2 fully saturated rings. The molecule has 1 amide bonds. The molecule has 5 heterocycles. The first-order valence-corrected chi connectivity index (χ1v) is 10.8. The van der Waals surface area contributed by atoms with E-state index >= 15 is 0 Å². The van der Waals surface area contributed by atoms with Gasteiger partial charge in [0.2, 0.25) is 0 Å². The summed E-state index contributed by atoms with van der Waals surface area (Å²) in [4.78, 5) is 30.6. The van der Waals surface area contributed by atoms with Gasteiger partial charge < -0.3 is 14.4 Å². The first-order valence-electron chi connectivity index (χ1n) is 10.8. The van der Waals surface area contributed by atoms with Crippen LogP contribution in [-0.4, -0.2) is 71.1 Å². The number of hydrogen-bond donors (Lipinski definition) is 0. The maximum Gasteiger partial charge on any atom is 0.256 e. The predicted molar refractivity (Wildman–Crippen MR) is 114 cm³/mol. The molecule has 0 radical (unpaired) electrons. The van der Waals surface area contributed by atoms with Gasteiger partial charge in [0.05, 0.1) is 11.9 Å². The lowest BCUT2D eigenvalue weighted by Gasteiger charge is -2.36. The number of aromatic nitrogens is 7. The number of nitrogens with zero attached hydrogens (tertiary/aromatic N) is 9. The average molecular weight is 417 g/mol. The molecule has 2 aliphatic rings. The zero-order valence-corrected chi connectivity index (χ0v) is 17.1. The number of fused-ring (bicyclic) bond motifs is 2. The third-order valence-corrected chi connectivity index (χ3v) is 6.46. The van der Waals surface area contributed by atoms with Crippen molar-refractivity contribution in [3.63, 3.8) is 0 Å². The van der Waals surface area contributed by atoms with Crippen LogP contribution in [0.5, 0.6) is 0 Å². The zero-order valence-electron chi connectivity index (χ0n) is 17.1. The van der Waals surface area contributed by atoms with Crippen LogP contribution in [0.25, 0.3) is 16.9 Å². The van der Waals surface area contributed by atoms with E-state index in [4.69, 9.17) is 0 Å². The molecular weight excluding hydrogens is 394 g/mol. The molecule has 0 N–H and O–H groups in total. The molecule has 6 rings (SSSR count). The molecule has 0 bridgehead atoms. The Labute approximate surface area is 178 Å². The van der Waals surface area contributed by atoms with Crippen LogP contribution in [0.2, 0.25) is 0 Å². The molecule has 4 aromatic rings. The van der Waals surface area contributed by atoms with Crippen molar-refractivity contribution in [1.82, 2.24) is 39.0 Å². The molecule has 10 heteroatoms. The summed E-state index contributed by atoms with van der Waals surface area (Å²) in [5.41, 5.74) is 2.27. The van der Waals surface area contributed by atoms with Gasteiger partial charge in [-0.3, -0.25) is 9.20 Å². The maximum atomic E-state index is 13.1. The number of amides is 1. The minimum atomic E-state index is 0.00800. The summed E-state index contributed by atoms with van der Waals surface area (Å²) in [5.74, 6) is 1.57. The normalized spacial score (nSPS) is 17.8. The molecule has 0 spiro atoms. The molecular formula is C21H23N9O. The first kappa shape index (κ1) is 18.2. The number of pyridine rings is 1. The molecule has 1 saturated carbocycles. The van der Waals surface area contributed by atoms with Gasteiger partial charge in [0, 0.05) is 44.6 Å². The van der Waals surface area contributed by atoms with Gasteiger partial charge in [0.1, 0.15) is 17.7 Å². The van der Waals surface area contributed by atoms with E-state index in [1.807, 2.05) is 27.8 Å². The van der Waals surface area contributed by atoms with Crippen LogP contribution >= 0.6 is 0 Å². The van der Waals surface area contributed by atoms with Gasteiger partial charge in [-0.05, 0) is 25.0 Å². The second-order valence-electron chi connectivity index (χ2n) is 8.24. The molecule has 1 saturated heterocycles. The Balaban J connectivity index is 1.18. The van der Waals surface area contributed by atoms with Crippen LogP contribution in [-0.2, 0) is 0 Å². The van der Waals surface area contributed by atoms with Gasteiger partial charge in [-0.2, -0.15) is 0 Å². The topological polar surface area (TPSA) is 97.3 Å². The van der Waals surface area contributed by atoms with E-state index < -0.39 is 0 Å². The summed E-state index contributed by atoms with van der Waals surface area (Å²) in [7, 11) is 0. The Morgan fingerprint density at radius 3 is 2.68 bits per heavy atom. The lowest BCUT2D eigenvalue weighted by atomic mass is 10.2. The Bertz CT molecular complexity index is 1250. The molecule has 4 aromatic heterocycles. The number of carbonyl (C=O) groups is 1. The van der Waals surface area contributed by atoms with Gasteiger partial charge in [-0.1, -0.05) is 12.8 Å². The summed E-state index contributed by atoms with van der Waals surface area (Å²) in [6.45, 7) is 2.74. The summed E-state index contributed by atoms with van der Waals surface area (Å²) < 4.78 is 4.05. The van der Waals surface area contributed by atoms with Crippen LogP contribution in [0.1, 0.15) is 42.1 Å². The third kappa shape index (κ3) is 3.09. The van der Waals surface area contributed by atoms with E-state index in [-0.39, 0.29) is 5.91 Å². The van der Waals surface area contributed by atoms with Crippen molar-refractivity contribution < 1.29 is 4.79 Å². The smallest absolute Gasteiger partial charge is 0.256 e. The van der Waals surface area contributed by atoms with Crippen LogP contribution < -0.4 is 4.90 Å². The highest BCUT2D eigenvalue weighted by atomic mass is 16.2. The first-order chi connectivity index (χ1) is 15.3. The fourth-order valence-corrected chi connectivity index (χ4v) is 4.79. The lowest BCUT2D eigenvalue weighted by Crippen LogP contribution is -2.49. The Morgan fingerprint density at radius 1 is 1.00 bits per heavy atom. The molecule has 1 aliphatic carbocycles. The van der Waals surface area contributed by atoms with Crippen molar-refractivity contribution in [1.29, 1.82) is 0 Å². The highest BCUT2D eigenvalue weighted by Gasteiger charge is 2.25. The largest absolute Gasteiger partial charge is 0.354 e. The Kier molecular flexibility index (Phi) is 4.29. The Morgan fingerprint density at radius 2 is 1.84 bits per heavy atom. The molecule has 10 nitrogen and oxygen atoms in total. The van der Waals surface area contributed by atoms with E-state index in [0.717, 1.165) is 30.1 Å². The number of carbonyl (C=O) groups excluding carboxylic acids is 1.